The van der Waals surface area contributed by atoms with Gasteiger partial charge in [0.1, 0.15) is 0 Å². The summed E-state index contributed by atoms with van der Waals surface area (Å²) in [5.74, 6) is 0. The van der Waals surface area contributed by atoms with Crippen molar-refractivity contribution in [1.82, 2.24) is 5.32 Å². The first-order valence-corrected chi connectivity index (χ1v) is 9.58. The van der Waals surface area contributed by atoms with E-state index in [2.05, 4.69) is 26.1 Å². The van der Waals surface area contributed by atoms with Crippen LogP contribution in [0.2, 0.25) is 0 Å². The molecule has 0 aliphatic carbocycles. The third-order valence-electron chi connectivity index (χ3n) is 4.36. The fourth-order valence-electron chi connectivity index (χ4n) is 2.83. The van der Waals surface area contributed by atoms with Crippen LogP contribution in [-0.4, -0.2) is 12.6 Å². The summed E-state index contributed by atoms with van der Waals surface area (Å²) in [6.07, 6.45) is 19.7. The van der Waals surface area contributed by atoms with E-state index in [9.17, 15) is 0 Å². The summed E-state index contributed by atoms with van der Waals surface area (Å²) in [4.78, 5) is 0. The largest absolute Gasteiger partial charge is 0.314 e. The molecule has 0 aromatic carbocycles. The number of hydrogen-bond donors (Lipinski definition) is 1. The van der Waals surface area contributed by atoms with E-state index in [1.54, 1.807) is 0 Å². The van der Waals surface area contributed by atoms with Crippen LogP contribution in [-0.2, 0) is 0 Å². The molecule has 0 rings (SSSR count). The fourth-order valence-corrected chi connectivity index (χ4v) is 2.83. The van der Waals surface area contributed by atoms with E-state index in [-0.39, 0.29) is 0 Å². The van der Waals surface area contributed by atoms with Crippen molar-refractivity contribution < 1.29 is 0 Å². The minimum atomic E-state index is 0.774. The molecule has 1 nitrogen and oxygen atoms in total. The molecule has 0 aliphatic rings. The van der Waals surface area contributed by atoms with Gasteiger partial charge in [-0.2, -0.15) is 0 Å². The van der Waals surface area contributed by atoms with E-state index in [1.807, 2.05) is 0 Å². The van der Waals surface area contributed by atoms with E-state index in [4.69, 9.17) is 0 Å². The van der Waals surface area contributed by atoms with E-state index in [0.29, 0.717) is 0 Å². The highest BCUT2D eigenvalue weighted by atomic mass is 14.9. The molecule has 0 amide bonds. The first kappa shape index (κ1) is 20.0. The molecule has 1 N–H and O–H groups in total. The first-order valence-electron chi connectivity index (χ1n) is 9.58. The Bertz CT molecular complexity index is 167. The Morgan fingerprint density at radius 2 is 1.10 bits per heavy atom. The van der Waals surface area contributed by atoms with E-state index in [0.717, 1.165) is 6.04 Å². The van der Waals surface area contributed by atoms with Gasteiger partial charge in [-0.25, -0.2) is 0 Å². The Morgan fingerprint density at radius 1 is 0.600 bits per heavy atom. The van der Waals surface area contributed by atoms with Crippen LogP contribution in [0.25, 0.3) is 0 Å². The summed E-state index contributed by atoms with van der Waals surface area (Å²) in [6, 6.07) is 0.774. The Kier molecular flexibility index (Phi) is 17.0. The molecule has 0 saturated carbocycles. The van der Waals surface area contributed by atoms with Crippen molar-refractivity contribution in [1.29, 1.82) is 0 Å². The molecule has 0 saturated heterocycles. The van der Waals surface area contributed by atoms with Gasteiger partial charge in [0.05, 0.1) is 0 Å². The highest BCUT2D eigenvalue weighted by Crippen LogP contribution is 2.10. The molecule has 20 heavy (non-hydrogen) atoms. The predicted octanol–water partition coefficient (Wildman–Crippen LogP) is 6.47. The summed E-state index contributed by atoms with van der Waals surface area (Å²) in [5.41, 5.74) is 0. The quantitative estimate of drug-likeness (QED) is 0.320. The van der Waals surface area contributed by atoms with Crippen molar-refractivity contribution in [2.24, 2.45) is 0 Å². The Labute approximate surface area is 129 Å². The van der Waals surface area contributed by atoms with Crippen molar-refractivity contribution in [3.63, 3.8) is 0 Å². The van der Waals surface area contributed by atoms with Crippen molar-refractivity contribution in [2.45, 2.75) is 117 Å². The number of nitrogens with one attached hydrogen (secondary N) is 1. The molecule has 1 atom stereocenters. The molecule has 1 heteroatoms. The van der Waals surface area contributed by atoms with Crippen LogP contribution in [0.15, 0.2) is 0 Å². The van der Waals surface area contributed by atoms with Crippen molar-refractivity contribution in [3.8, 4) is 0 Å². The average molecular weight is 284 g/mol. The summed E-state index contributed by atoms with van der Waals surface area (Å²) in [7, 11) is 0. The zero-order chi connectivity index (χ0) is 14.9. The lowest BCUT2D eigenvalue weighted by molar-refractivity contribution is 0.437. The van der Waals surface area contributed by atoms with Gasteiger partial charge in [0.2, 0.25) is 0 Å². The molecule has 0 fully saturated rings. The summed E-state index contributed by atoms with van der Waals surface area (Å²) in [5, 5.41) is 3.75. The minimum Gasteiger partial charge on any atom is -0.314 e. The molecule has 0 bridgehead atoms. The lowest BCUT2D eigenvalue weighted by Crippen LogP contribution is -2.29. The molecule has 0 aromatic heterocycles. The van der Waals surface area contributed by atoms with Crippen molar-refractivity contribution >= 4 is 0 Å². The van der Waals surface area contributed by atoms with E-state index < -0.39 is 0 Å². The van der Waals surface area contributed by atoms with Gasteiger partial charge in [-0.1, -0.05) is 91.4 Å². The molecule has 0 spiro atoms. The lowest BCUT2D eigenvalue weighted by atomic mass is 10.1. The van der Waals surface area contributed by atoms with Gasteiger partial charge >= 0.3 is 0 Å². The third-order valence-corrected chi connectivity index (χ3v) is 4.36. The van der Waals surface area contributed by atoms with Crippen molar-refractivity contribution in [3.05, 3.63) is 0 Å². The second-order valence-corrected chi connectivity index (χ2v) is 6.38. The molecular weight excluding hydrogens is 242 g/mol. The van der Waals surface area contributed by atoms with Crippen LogP contribution >= 0.6 is 0 Å². The predicted molar refractivity (Wildman–Crippen MR) is 93.5 cm³/mol. The minimum absolute atomic E-state index is 0.774. The van der Waals surface area contributed by atoms with E-state index in [1.165, 1.54) is 96.4 Å². The third kappa shape index (κ3) is 14.4. The Morgan fingerprint density at radius 3 is 1.65 bits per heavy atom. The lowest BCUT2D eigenvalue weighted by Gasteiger charge is -2.16. The maximum absolute atomic E-state index is 3.75. The van der Waals surface area contributed by atoms with Gasteiger partial charge < -0.3 is 5.32 Å². The zero-order valence-corrected chi connectivity index (χ0v) is 14.7. The summed E-state index contributed by atoms with van der Waals surface area (Å²) < 4.78 is 0. The molecule has 1 unspecified atom stereocenters. The monoisotopic (exact) mass is 283 g/mol. The van der Waals surface area contributed by atoms with Gasteiger partial charge in [-0.05, 0) is 25.8 Å². The molecule has 122 valence electrons. The van der Waals surface area contributed by atoms with Gasteiger partial charge in [0, 0.05) is 6.04 Å². The van der Waals surface area contributed by atoms with Crippen molar-refractivity contribution in [2.75, 3.05) is 6.54 Å². The van der Waals surface area contributed by atoms with Gasteiger partial charge in [0.25, 0.3) is 0 Å². The van der Waals surface area contributed by atoms with Gasteiger partial charge in [-0.3, -0.25) is 0 Å². The normalized spacial score (nSPS) is 12.8. The average Bonchev–Trinajstić information content (AvgIpc) is 2.47. The van der Waals surface area contributed by atoms with Crippen LogP contribution in [0.3, 0.4) is 0 Å². The molecular formula is C19H41N. The summed E-state index contributed by atoms with van der Waals surface area (Å²) in [6.45, 7) is 8.13. The maximum atomic E-state index is 3.75. The number of hydrogen-bond acceptors (Lipinski definition) is 1. The molecule has 0 aromatic rings. The Balaban J connectivity index is 3.20. The maximum Gasteiger partial charge on any atom is 0.00644 e. The van der Waals surface area contributed by atoms with Gasteiger partial charge in [0.15, 0.2) is 0 Å². The number of rotatable bonds is 16. The van der Waals surface area contributed by atoms with Gasteiger partial charge in [-0.15, -0.1) is 0 Å². The van der Waals surface area contributed by atoms with Crippen LogP contribution in [0, 0.1) is 0 Å². The topological polar surface area (TPSA) is 12.0 Å². The SMILES string of the molecule is CCCCCCCCCCCNC(CC)CCCCC. The second kappa shape index (κ2) is 17.0. The number of unbranched alkanes of at least 4 members (excludes halogenated alkanes) is 10. The van der Waals surface area contributed by atoms with E-state index >= 15 is 0 Å². The van der Waals surface area contributed by atoms with Crippen LogP contribution < -0.4 is 5.32 Å². The first-order chi connectivity index (χ1) is 9.85. The standard InChI is InChI=1S/C19H41N/c1-4-7-9-10-11-12-13-14-16-18-20-19(6-3)17-15-8-5-2/h19-20H,4-18H2,1-3H3. The van der Waals surface area contributed by atoms with Crippen LogP contribution in [0.4, 0.5) is 0 Å². The summed E-state index contributed by atoms with van der Waals surface area (Å²) >= 11 is 0. The molecule has 0 heterocycles. The van der Waals surface area contributed by atoms with Crippen LogP contribution in [0.1, 0.15) is 111 Å². The fraction of sp³-hybridized carbons (Fsp3) is 1.00. The zero-order valence-electron chi connectivity index (χ0n) is 14.7. The highest BCUT2D eigenvalue weighted by molar-refractivity contribution is 4.64. The smallest absolute Gasteiger partial charge is 0.00644 e. The molecule has 0 radical (unpaired) electrons. The second-order valence-electron chi connectivity index (χ2n) is 6.38. The highest BCUT2D eigenvalue weighted by Gasteiger charge is 2.03. The molecule has 0 aliphatic heterocycles. The Hall–Kier alpha value is -0.0400. The van der Waals surface area contributed by atoms with Crippen LogP contribution in [0.5, 0.6) is 0 Å².